The molecule has 1 aliphatic heterocycles. The number of carboxylic acid groups (broad SMARTS) is 1. The van der Waals surface area contributed by atoms with Gasteiger partial charge in [-0.3, -0.25) is 4.79 Å². The molecular weight excluding hydrogens is 612 g/mol. The van der Waals surface area contributed by atoms with E-state index in [0.717, 1.165) is 71.4 Å². The largest absolute Gasteiger partial charge is 0.496 e. The number of piperidine rings is 1. The second kappa shape index (κ2) is 14.8. The molecule has 1 amide bonds. The molecule has 7 heteroatoms. The lowest BCUT2D eigenvalue weighted by Crippen LogP contribution is -2.47. The van der Waals surface area contributed by atoms with Crippen molar-refractivity contribution < 1.29 is 24.2 Å². The standard InChI is InChI=1S/C42H48N2O5/c1-6-29-15-18-37(28(3)27(29)2)34-24-39(48-4)38(40(25-34)49-5)26-44(41(45)33-12-11-30-9-7-8-10-32(30)23-33)36-19-21-43(22-20-36)35-16-13-31(14-17-35)42(46)47/h7-14,16-18,23-25,27-29,36H,6,15,19-22,26H2,1-5H3,(H,46,47)/t27?,28-,29-/m1/s1. The smallest absolute Gasteiger partial charge is 0.335 e. The van der Waals surface area contributed by atoms with Gasteiger partial charge in [0, 0.05) is 30.4 Å². The minimum absolute atomic E-state index is 0.0181. The molecule has 0 saturated carbocycles. The number of carbonyl (C=O) groups is 2. The first-order valence-corrected chi connectivity index (χ1v) is 17.6. The molecule has 1 unspecified atom stereocenters. The second-order valence-electron chi connectivity index (χ2n) is 13.6. The first-order chi connectivity index (χ1) is 23.7. The number of benzene rings is 4. The Morgan fingerprint density at radius 2 is 1.49 bits per heavy atom. The van der Waals surface area contributed by atoms with Crippen molar-refractivity contribution in [2.75, 3.05) is 32.2 Å². The Morgan fingerprint density at radius 1 is 0.857 bits per heavy atom. The number of allylic oxidation sites excluding steroid dienone is 2. The van der Waals surface area contributed by atoms with Gasteiger partial charge in [-0.25, -0.2) is 4.79 Å². The van der Waals surface area contributed by atoms with E-state index in [-0.39, 0.29) is 17.5 Å². The number of aromatic carboxylic acids is 1. The Hall–Kier alpha value is -4.78. The summed E-state index contributed by atoms with van der Waals surface area (Å²) in [6, 6.07) is 25.3. The maximum absolute atomic E-state index is 14.6. The number of carboxylic acids is 1. The number of nitrogens with zero attached hydrogens (tertiary/aromatic N) is 2. The lowest BCUT2D eigenvalue weighted by molar-refractivity contribution is 0.0626. The van der Waals surface area contributed by atoms with Crippen LogP contribution in [0.1, 0.15) is 78.3 Å². The maximum atomic E-state index is 14.6. The number of methoxy groups -OCH3 is 2. The molecule has 0 aromatic heterocycles. The van der Waals surface area contributed by atoms with Crippen molar-refractivity contribution in [2.45, 2.75) is 59.0 Å². The van der Waals surface area contributed by atoms with Crippen LogP contribution in [0.15, 0.2) is 84.9 Å². The highest BCUT2D eigenvalue weighted by atomic mass is 16.5. The fraction of sp³-hybridized carbons (Fsp3) is 0.381. The number of hydrogen-bond donors (Lipinski definition) is 1. The second-order valence-corrected chi connectivity index (χ2v) is 13.6. The van der Waals surface area contributed by atoms with E-state index in [9.17, 15) is 14.7 Å². The normalized spacial score (nSPS) is 19.7. The molecule has 1 heterocycles. The van der Waals surface area contributed by atoms with Gasteiger partial charge in [-0.2, -0.15) is 0 Å². The molecule has 2 aliphatic rings. The fourth-order valence-electron chi connectivity index (χ4n) is 7.87. The number of hydrogen-bond acceptors (Lipinski definition) is 5. The molecule has 4 aromatic carbocycles. The molecule has 4 aromatic rings. The van der Waals surface area contributed by atoms with E-state index in [1.807, 2.05) is 53.4 Å². The van der Waals surface area contributed by atoms with Gasteiger partial charge in [0.1, 0.15) is 11.5 Å². The lowest BCUT2D eigenvalue weighted by atomic mass is 9.71. The number of carbonyl (C=O) groups excluding carboxylic acids is 1. The third-order valence-electron chi connectivity index (χ3n) is 11.1. The van der Waals surface area contributed by atoms with Gasteiger partial charge in [-0.05, 0) is 107 Å². The Morgan fingerprint density at radius 3 is 2.10 bits per heavy atom. The zero-order valence-electron chi connectivity index (χ0n) is 29.3. The van der Waals surface area contributed by atoms with Crippen molar-refractivity contribution in [2.24, 2.45) is 17.8 Å². The highest BCUT2D eigenvalue weighted by Crippen LogP contribution is 2.44. The van der Waals surface area contributed by atoms with E-state index in [1.54, 1.807) is 26.4 Å². The average Bonchev–Trinajstić information content (AvgIpc) is 3.14. The predicted octanol–water partition coefficient (Wildman–Crippen LogP) is 8.95. The van der Waals surface area contributed by atoms with Gasteiger partial charge in [0.15, 0.2) is 0 Å². The molecule has 256 valence electrons. The molecule has 0 spiro atoms. The van der Waals surface area contributed by atoms with Crippen molar-refractivity contribution in [3.8, 4) is 11.5 Å². The Bertz CT molecular complexity index is 1810. The summed E-state index contributed by atoms with van der Waals surface area (Å²) in [5.41, 5.74) is 5.21. The summed E-state index contributed by atoms with van der Waals surface area (Å²) < 4.78 is 12.1. The SMILES string of the molecule is CC[C@@H]1CC=C(c2cc(OC)c(CN(C(=O)c3ccc4ccccc4c3)C3CCN(c4ccc(C(=O)O)cc4)CC3)c(OC)c2)[C@H](C)C1C. The van der Waals surface area contributed by atoms with Gasteiger partial charge in [0.2, 0.25) is 0 Å². The summed E-state index contributed by atoms with van der Waals surface area (Å²) in [6.07, 6.45) is 6.18. The van der Waals surface area contributed by atoms with Crippen LogP contribution in [0.3, 0.4) is 0 Å². The van der Waals surface area contributed by atoms with Gasteiger partial charge in [0.25, 0.3) is 5.91 Å². The first-order valence-electron chi connectivity index (χ1n) is 17.6. The molecule has 0 radical (unpaired) electrons. The van der Waals surface area contributed by atoms with E-state index in [4.69, 9.17) is 9.47 Å². The molecular formula is C42H48N2O5. The summed E-state index contributed by atoms with van der Waals surface area (Å²) in [7, 11) is 3.39. The predicted molar refractivity (Wildman–Crippen MR) is 197 cm³/mol. The number of amides is 1. The van der Waals surface area contributed by atoms with Crippen molar-refractivity contribution in [1.82, 2.24) is 4.90 Å². The Balaban J connectivity index is 1.33. The van der Waals surface area contributed by atoms with Gasteiger partial charge < -0.3 is 24.4 Å². The van der Waals surface area contributed by atoms with E-state index in [1.165, 1.54) is 12.0 Å². The van der Waals surface area contributed by atoms with E-state index >= 15 is 0 Å². The van der Waals surface area contributed by atoms with Crippen LogP contribution >= 0.6 is 0 Å². The van der Waals surface area contributed by atoms with Gasteiger partial charge in [-0.1, -0.05) is 63.6 Å². The highest BCUT2D eigenvalue weighted by molar-refractivity contribution is 5.99. The monoisotopic (exact) mass is 660 g/mol. The summed E-state index contributed by atoms with van der Waals surface area (Å²) in [5, 5.41) is 11.5. The Labute approximate surface area is 290 Å². The van der Waals surface area contributed by atoms with E-state index < -0.39 is 5.97 Å². The van der Waals surface area contributed by atoms with Crippen molar-refractivity contribution >= 4 is 33.9 Å². The molecule has 3 atom stereocenters. The van der Waals surface area contributed by atoms with Gasteiger partial charge in [-0.15, -0.1) is 0 Å². The van der Waals surface area contributed by atoms with Crippen LogP contribution in [0.4, 0.5) is 5.69 Å². The van der Waals surface area contributed by atoms with E-state index in [0.29, 0.717) is 29.9 Å². The van der Waals surface area contributed by atoms with Crippen LogP contribution in [0, 0.1) is 17.8 Å². The minimum Gasteiger partial charge on any atom is -0.496 e. The molecule has 0 bridgehead atoms. The van der Waals surface area contributed by atoms with Gasteiger partial charge in [0.05, 0.1) is 31.9 Å². The zero-order valence-corrected chi connectivity index (χ0v) is 29.3. The quantitative estimate of drug-likeness (QED) is 0.183. The zero-order chi connectivity index (χ0) is 34.7. The first kappa shape index (κ1) is 34.1. The number of ether oxygens (including phenoxy) is 2. The number of fused-ring (bicyclic) bond motifs is 1. The van der Waals surface area contributed by atoms with Crippen molar-refractivity contribution in [3.05, 3.63) is 107 Å². The molecule has 7 nitrogen and oxygen atoms in total. The van der Waals surface area contributed by atoms with Gasteiger partial charge >= 0.3 is 5.97 Å². The minimum atomic E-state index is -0.934. The third kappa shape index (κ3) is 7.03. The van der Waals surface area contributed by atoms with Crippen LogP contribution in [-0.4, -0.2) is 55.2 Å². The number of rotatable bonds is 10. The third-order valence-corrected chi connectivity index (χ3v) is 11.1. The molecule has 49 heavy (non-hydrogen) atoms. The molecule has 6 rings (SSSR count). The lowest BCUT2D eigenvalue weighted by Gasteiger charge is -2.40. The molecule has 1 fully saturated rings. The van der Waals surface area contributed by atoms with Crippen molar-refractivity contribution in [3.63, 3.8) is 0 Å². The summed E-state index contributed by atoms with van der Waals surface area (Å²) in [5.74, 6) is 2.17. The van der Waals surface area contributed by atoms with Crippen LogP contribution in [0.25, 0.3) is 16.3 Å². The van der Waals surface area contributed by atoms with Crippen LogP contribution < -0.4 is 14.4 Å². The fourth-order valence-corrected chi connectivity index (χ4v) is 7.87. The highest BCUT2D eigenvalue weighted by Gasteiger charge is 2.33. The van der Waals surface area contributed by atoms with Crippen LogP contribution in [0.2, 0.25) is 0 Å². The summed E-state index contributed by atoms with van der Waals surface area (Å²) in [4.78, 5) is 30.2. The number of anilines is 1. The van der Waals surface area contributed by atoms with Crippen LogP contribution in [0.5, 0.6) is 11.5 Å². The molecule has 1 N–H and O–H groups in total. The summed E-state index contributed by atoms with van der Waals surface area (Å²) in [6.45, 7) is 8.80. The average molecular weight is 661 g/mol. The Kier molecular flexibility index (Phi) is 10.3. The topological polar surface area (TPSA) is 79.3 Å². The molecule has 1 saturated heterocycles. The van der Waals surface area contributed by atoms with Crippen LogP contribution in [-0.2, 0) is 6.54 Å². The van der Waals surface area contributed by atoms with Crippen molar-refractivity contribution in [1.29, 1.82) is 0 Å². The summed E-state index contributed by atoms with van der Waals surface area (Å²) >= 11 is 0. The van der Waals surface area contributed by atoms with E-state index in [2.05, 4.69) is 49.9 Å². The maximum Gasteiger partial charge on any atom is 0.335 e. The molecule has 1 aliphatic carbocycles.